The first kappa shape index (κ1) is 15.2. The van der Waals surface area contributed by atoms with Crippen molar-refractivity contribution in [3.05, 3.63) is 35.9 Å². The molecule has 1 aromatic rings. The van der Waals surface area contributed by atoms with Gasteiger partial charge in [0.15, 0.2) is 0 Å². The van der Waals surface area contributed by atoms with Crippen LogP contribution >= 0.6 is 0 Å². The van der Waals surface area contributed by atoms with Crippen LogP contribution in [-0.4, -0.2) is 31.3 Å². The molecular weight excluding hydrogens is 242 g/mol. The number of carbonyl (C=O) groups is 1. The highest BCUT2D eigenvalue weighted by Gasteiger charge is 2.02. The quantitative estimate of drug-likeness (QED) is 0.738. The Labute approximate surface area is 114 Å². The first-order chi connectivity index (χ1) is 9.15. The lowest BCUT2D eigenvalue weighted by Crippen LogP contribution is -2.26. The van der Waals surface area contributed by atoms with Gasteiger partial charge >= 0.3 is 0 Å². The lowest BCUT2D eigenvalue weighted by Gasteiger charge is -2.09. The van der Waals surface area contributed by atoms with Gasteiger partial charge in [0, 0.05) is 19.2 Å². The van der Waals surface area contributed by atoms with E-state index in [9.17, 15) is 4.79 Å². The zero-order chi connectivity index (χ0) is 14.1. The van der Waals surface area contributed by atoms with Crippen molar-refractivity contribution in [1.29, 1.82) is 0 Å². The Hall–Kier alpha value is -1.81. The number of aliphatic hydroxyl groups excluding tert-OH is 1. The molecule has 0 radical (unpaired) electrons. The standard InChI is InChI=1S/C15H21NO3/c1-12(8-9-17)11-16-15(18)7-6-13-4-3-5-14(10-13)19-2/h3-7,10,12,17H,8-9,11H2,1-2H3,(H,16,18)/b7-6+. The third kappa shape index (κ3) is 6.06. The molecule has 0 spiro atoms. The van der Waals surface area contributed by atoms with Gasteiger partial charge in [0.2, 0.25) is 5.91 Å². The van der Waals surface area contributed by atoms with E-state index in [2.05, 4.69) is 5.32 Å². The summed E-state index contributed by atoms with van der Waals surface area (Å²) >= 11 is 0. The Kier molecular flexibility index (Phi) is 6.68. The Morgan fingerprint density at radius 2 is 2.32 bits per heavy atom. The lowest BCUT2D eigenvalue weighted by molar-refractivity contribution is -0.116. The average Bonchev–Trinajstić information content (AvgIpc) is 2.43. The topological polar surface area (TPSA) is 58.6 Å². The number of ether oxygens (including phenoxy) is 1. The summed E-state index contributed by atoms with van der Waals surface area (Å²) in [5, 5.41) is 11.6. The van der Waals surface area contributed by atoms with Gasteiger partial charge in [-0.2, -0.15) is 0 Å². The molecule has 1 atom stereocenters. The van der Waals surface area contributed by atoms with Crippen LogP contribution in [0.25, 0.3) is 6.08 Å². The maximum absolute atomic E-state index is 11.6. The van der Waals surface area contributed by atoms with Gasteiger partial charge in [0.05, 0.1) is 7.11 Å². The number of amides is 1. The van der Waals surface area contributed by atoms with Crippen LogP contribution in [0.4, 0.5) is 0 Å². The summed E-state index contributed by atoms with van der Waals surface area (Å²) in [7, 11) is 1.61. The van der Waals surface area contributed by atoms with Crippen molar-refractivity contribution < 1.29 is 14.6 Å². The molecule has 1 amide bonds. The van der Waals surface area contributed by atoms with Crippen LogP contribution in [0.5, 0.6) is 5.75 Å². The van der Waals surface area contributed by atoms with E-state index in [1.54, 1.807) is 13.2 Å². The van der Waals surface area contributed by atoms with Gasteiger partial charge < -0.3 is 15.2 Å². The van der Waals surface area contributed by atoms with Gasteiger partial charge in [0.25, 0.3) is 0 Å². The van der Waals surface area contributed by atoms with Crippen molar-refractivity contribution in [2.75, 3.05) is 20.3 Å². The number of methoxy groups -OCH3 is 1. The Balaban J connectivity index is 2.44. The summed E-state index contributed by atoms with van der Waals surface area (Å²) in [6, 6.07) is 7.49. The minimum Gasteiger partial charge on any atom is -0.497 e. The molecular formula is C15H21NO3. The van der Waals surface area contributed by atoms with Crippen molar-refractivity contribution >= 4 is 12.0 Å². The molecule has 0 aromatic heterocycles. The first-order valence-corrected chi connectivity index (χ1v) is 6.36. The highest BCUT2D eigenvalue weighted by molar-refractivity contribution is 5.91. The summed E-state index contributed by atoms with van der Waals surface area (Å²) in [6.45, 7) is 2.71. The first-order valence-electron chi connectivity index (χ1n) is 6.36. The molecule has 0 saturated carbocycles. The summed E-state index contributed by atoms with van der Waals surface area (Å²) in [6.07, 6.45) is 3.94. The fourth-order valence-electron chi connectivity index (χ4n) is 1.57. The Morgan fingerprint density at radius 3 is 3.00 bits per heavy atom. The third-order valence-electron chi connectivity index (χ3n) is 2.77. The summed E-state index contributed by atoms with van der Waals surface area (Å²) in [5.41, 5.74) is 0.915. The van der Waals surface area contributed by atoms with E-state index in [0.717, 1.165) is 11.3 Å². The molecule has 0 bridgehead atoms. The van der Waals surface area contributed by atoms with E-state index in [4.69, 9.17) is 9.84 Å². The predicted molar refractivity (Wildman–Crippen MR) is 75.9 cm³/mol. The summed E-state index contributed by atoms with van der Waals surface area (Å²) in [4.78, 5) is 11.6. The van der Waals surface area contributed by atoms with Gasteiger partial charge in [-0.25, -0.2) is 0 Å². The van der Waals surface area contributed by atoms with Gasteiger partial charge in [-0.3, -0.25) is 4.79 Å². The number of hydrogen-bond acceptors (Lipinski definition) is 3. The van der Waals surface area contributed by atoms with Crippen molar-refractivity contribution in [1.82, 2.24) is 5.32 Å². The fourth-order valence-corrected chi connectivity index (χ4v) is 1.57. The zero-order valence-corrected chi connectivity index (χ0v) is 11.4. The normalized spacial score (nSPS) is 12.4. The maximum Gasteiger partial charge on any atom is 0.244 e. The number of aliphatic hydroxyl groups is 1. The molecule has 0 heterocycles. The number of nitrogens with one attached hydrogen (secondary N) is 1. The van der Waals surface area contributed by atoms with Gasteiger partial charge in [-0.1, -0.05) is 19.1 Å². The molecule has 1 rings (SSSR count). The molecule has 4 nitrogen and oxygen atoms in total. The predicted octanol–water partition coefficient (Wildman–Crippen LogP) is 1.84. The van der Waals surface area contributed by atoms with Crippen molar-refractivity contribution in [2.24, 2.45) is 5.92 Å². The van der Waals surface area contributed by atoms with Gasteiger partial charge in [0.1, 0.15) is 5.75 Å². The SMILES string of the molecule is COc1cccc(/C=C/C(=O)NCC(C)CCO)c1. The van der Waals surface area contributed by atoms with E-state index in [0.29, 0.717) is 13.0 Å². The number of benzene rings is 1. The smallest absolute Gasteiger partial charge is 0.244 e. The summed E-state index contributed by atoms with van der Waals surface area (Å²) < 4.78 is 5.11. The highest BCUT2D eigenvalue weighted by atomic mass is 16.5. The lowest BCUT2D eigenvalue weighted by atomic mass is 10.1. The van der Waals surface area contributed by atoms with Crippen molar-refractivity contribution in [3.8, 4) is 5.75 Å². The molecule has 0 aliphatic carbocycles. The van der Waals surface area contributed by atoms with Gasteiger partial charge in [-0.15, -0.1) is 0 Å². The van der Waals surface area contributed by atoms with Crippen LogP contribution in [0, 0.1) is 5.92 Å². The minimum atomic E-state index is -0.132. The minimum absolute atomic E-state index is 0.132. The molecule has 0 aliphatic rings. The van der Waals surface area contributed by atoms with Crippen LogP contribution in [0.1, 0.15) is 18.9 Å². The number of carbonyl (C=O) groups excluding carboxylic acids is 1. The summed E-state index contributed by atoms with van der Waals surface area (Å²) in [5.74, 6) is 0.908. The van der Waals surface area contributed by atoms with Crippen LogP contribution in [0.3, 0.4) is 0 Å². The second-order valence-corrected chi connectivity index (χ2v) is 4.47. The average molecular weight is 263 g/mol. The van der Waals surface area contributed by atoms with Crippen molar-refractivity contribution in [3.63, 3.8) is 0 Å². The molecule has 19 heavy (non-hydrogen) atoms. The van der Waals surface area contributed by atoms with E-state index >= 15 is 0 Å². The largest absolute Gasteiger partial charge is 0.497 e. The molecule has 0 saturated heterocycles. The fraction of sp³-hybridized carbons (Fsp3) is 0.400. The number of rotatable bonds is 7. The molecule has 1 aromatic carbocycles. The highest BCUT2D eigenvalue weighted by Crippen LogP contribution is 2.13. The van der Waals surface area contributed by atoms with Crippen LogP contribution in [0.2, 0.25) is 0 Å². The molecule has 104 valence electrons. The molecule has 0 aliphatic heterocycles. The van der Waals surface area contributed by atoms with Crippen molar-refractivity contribution in [2.45, 2.75) is 13.3 Å². The van der Waals surface area contributed by atoms with Gasteiger partial charge in [-0.05, 0) is 36.1 Å². The molecule has 2 N–H and O–H groups in total. The van der Waals surface area contributed by atoms with Crippen LogP contribution in [-0.2, 0) is 4.79 Å². The zero-order valence-electron chi connectivity index (χ0n) is 11.4. The van der Waals surface area contributed by atoms with Crippen LogP contribution in [0.15, 0.2) is 30.3 Å². The third-order valence-corrected chi connectivity index (χ3v) is 2.77. The monoisotopic (exact) mass is 263 g/mol. The van der Waals surface area contributed by atoms with E-state index in [1.165, 1.54) is 6.08 Å². The van der Waals surface area contributed by atoms with E-state index in [-0.39, 0.29) is 18.4 Å². The Bertz CT molecular complexity index is 429. The van der Waals surface area contributed by atoms with E-state index < -0.39 is 0 Å². The number of hydrogen-bond donors (Lipinski definition) is 2. The molecule has 0 fully saturated rings. The van der Waals surface area contributed by atoms with E-state index in [1.807, 2.05) is 31.2 Å². The maximum atomic E-state index is 11.6. The second-order valence-electron chi connectivity index (χ2n) is 4.47. The Morgan fingerprint density at radius 1 is 1.53 bits per heavy atom. The molecule has 1 unspecified atom stereocenters. The van der Waals surface area contributed by atoms with Crippen LogP contribution < -0.4 is 10.1 Å². The second kappa shape index (κ2) is 8.32. The molecule has 4 heteroatoms.